The highest BCUT2D eigenvalue weighted by atomic mass is 16.6. The molecule has 0 saturated heterocycles. The van der Waals surface area contributed by atoms with E-state index >= 15 is 0 Å². The van der Waals surface area contributed by atoms with Crippen molar-refractivity contribution >= 4 is 5.78 Å². The van der Waals surface area contributed by atoms with E-state index in [1.54, 1.807) is 6.92 Å². The lowest BCUT2D eigenvalue weighted by Crippen LogP contribution is -2.67. The van der Waals surface area contributed by atoms with Gasteiger partial charge in [0.05, 0.1) is 11.7 Å². The molecule has 1 aromatic rings. The first-order valence-electron chi connectivity index (χ1n) is 9.54. The molecular formula is C21H28O5. The summed E-state index contributed by atoms with van der Waals surface area (Å²) in [5.74, 6) is 0.902. The molecule has 1 N–H and O–H groups in total. The second-order valence-electron chi connectivity index (χ2n) is 9.50. The average Bonchev–Trinajstić information content (AvgIpc) is 2.51. The van der Waals surface area contributed by atoms with Crippen molar-refractivity contribution in [2.24, 2.45) is 22.7 Å². The summed E-state index contributed by atoms with van der Waals surface area (Å²) in [5, 5.41) is 10.5. The first-order chi connectivity index (χ1) is 12.0. The largest absolute Gasteiger partial charge is 0.458 e. The zero-order chi connectivity index (χ0) is 19.1. The number of ketones is 1. The minimum atomic E-state index is -0.623. The van der Waals surface area contributed by atoms with E-state index in [2.05, 4.69) is 13.8 Å². The van der Waals surface area contributed by atoms with Crippen LogP contribution >= 0.6 is 0 Å². The van der Waals surface area contributed by atoms with Crippen LogP contribution in [0.15, 0.2) is 15.3 Å². The third-order valence-electron chi connectivity index (χ3n) is 7.72. The minimum Gasteiger partial charge on any atom is -0.458 e. The Bertz CT molecular complexity index is 837. The fourth-order valence-electron chi connectivity index (χ4n) is 6.05. The van der Waals surface area contributed by atoms with Crippen molar-refractivity contribution in [1.29, 1.82) is 0 Å². The minimum absolute atomic E-state index is 0.0620. The highest BCUT2D eigenvalue weighted by Gasteiger charge is 2.66. The summed E-state index contributed by atoms with van der Waals surface area (Å²) in [7, 11) is 0. The number of hydrogen-bond acceptors (Lipinski definition) is 5. The fraction of sp³-hybridized carbons (Fsp3) is 0.714. The molecule has 2 heterocycles. The molecule has 26 heavy (non-hydrogen) atoms. The SMILES string of the molecule is Cc1cc(=O)c2c(o1)O[C@]1(C)CC[C@@H]3C(C)(C)[C@H](O)CC(=O)[C@@]3(C)[C@@H]1C2. The Hall–Kier alpha value is -1.62. The van der Waals surface area contributed by atoms with Crippen molar-refractivity contribution in [3.8, 4) is 5.95 Å². The molecule has 1 aliphatic heterocycles. The molecule has 5 atom stereocenters. The summed E-state index contributed by atoms with van der Waals surface area (Å²) >= 11 is 0. The Labute approximate surface area is 153 Å². The molecule has 1 aromatic heterocycles. The Morgan fingerprint density at radius 3 is 2.50 bits per heavy atom. The summed E-state index contributed by atoms with van der Waals surface area (Å²) < 4.78 is 12.0. The maximum atomic E-state index is 13.2. The van der Waals surface area contributed by atoms with Gasteiger partial charge < -0.3 is 14.3 Å². The quantitative estimate of drug-likeness (QED) is 0.769. The van der Waals surface area contributed by atoms with Crippen molar-refractivity contribution < 1.29 is 19.1 Å². The van der Waals surface area contributed by atoms with Gasteiger partial charge in [-0.2, -0.15) is 0 Å². The van der Waals surface area contributed by atoms with E-state index in [4.69, 9.17) is 9.15 Å². The van der Waals surface area contributed by atoms with E-state index in [-0.39, 0.29) is 34.9 Å². The van der Waals surface area contributed by atoms with Gasteiger partial charge in [0.25, 0.3) is 5.95 Å². The molecule has 3 aliphatic rings. The van der Waals surface area contributed by atoms with E-state index in [1.165, 1.54) is 6.07 Å². The van der Waals surface area contributed by atoms with E-state index in [0.29, 0.717) is 23.7 Å². The van der Waals surface area contributed by atoms with Gasteiger partial charge in [0.1, 0.15) is 17.1 Å². The van der Waals surface area contributed by atoms with Gasteiger partial charge in [0.15, 0.2) is 5.43 Å². The second kappa shape index (κ2) is 5.22. The third-order valence-corrected chi connectivity index (χ3v) is 7.72. The molecular weight excluding hydrogens is 332 g/mol. The van der Waals surface area contributed by atoms with Crippen LogP contribution in [0.3, 0.4) is 0 Å². The molecule has 0 unspecified atom stereocenters. The molecule has 0 radical (unpaired) electrons. The number of rotatable bonds is 0. The van der Waals surface area contributed by atoms with Gasteiger partial charge >= 0.3 is 0 Å². The Balaban J connectivity index is 1.86. The average molecular weight is 360 g/mol. The van der Waals surface area contributed by atoms with Crippen LogP contribution in [0.25, 0.3) is 0 Å². The number of aliphatic hydroxyl groups excluding tert-OH is 1. The lowest BCUT2D eigenvalue weighted by Gasteiger charge is -2.62. The van der Waals surface area contributed by atoms with Crippen LogP contribution in [0, 0.1) is 29.6 Å². The standard InChI is InChI=1S/C21H28O5/c1-11-8-13(22)12-9-15-20(4,26-18(12)25-11)7-6-14-19(2,3)16(23)10-17(24)21(14,15)5/h8,14-16,23H,6-7,9-10H2,1-5H3/t14-,15-,16-,20-,21-/m1/s1. The first kappa shape index (κ1) is 17.8. The molecule has 2 saturated carbocycles. The van der Waals surface area contributed by atoms with E-state index in [0.717, 1.165) is 12.8 Å². The van der Waals surface area contributed by atoms with Crippen LogP contribution in [-0.4, -0.2) is 22.6 Å². The molecule has 0 spiro atoms. The van der Waals surface area contributed by atoms with Gasteiger partial charge in [-0.15, -0.1) is 0 Å². The topological polar surface area (TPSA) is 76.7 Å². The maximum absolute atomic E-state index is 13.2. The van der Waals surface area contributed by atoms with Gasteiger partial charge in [-0.25, -0.2) is 0 Å². The van der Waals surface area contributed by atoms with Gasteiger partial charge in [0.2, 0.25) is 0 Å². The van der Waals surface area contributed by atoms with Gasteiger partial charge in [-0.3, -0.25) is 9.59 Å². The summed E-state index contributed by atoms with van der Waals surface area (Å²) in [6.07, 6.45) is 1.62. The Morgan fingerprint density at radius 1 is 1.12 bits per heavy atom. The van der Waals surface area contributed by atoms with Crippen LogP contribution in [0.1, 0.15) is 58.3 Å². The van der Waals surface area contributed by atoms with Crippen molar-refractivity contribution in [2.75, 3.05) is 0 Å². The van der Waals surface area contributed by atoms with E-state index in [1.807, 2.05) is 13.8 Å². The third kappa shape index (κ3) is 2.13. The molecule has 142 valence electrons. The predicted octanol–water partition coefficient (Wildman–Crippen LogP) is 3.03. The summed E-state index contributed by atoms with van der Waals surface area (Å²) in [4.78, 5) is 25.7. The lowest BCUT2D eigenvalue weighted by molar-refractivity contribution is -0.197. The maximum Gasteiger partial charge on any atom is 0.292 e. The van der Waals surface area contributed by atoms with Gasteiger partial charge in [-0.1, -0.05) is 20.8 Å². The van der Waals surface area contributed by atoms with Gasteiger partial charge in [-0.05, 0) is 44.4 Å². The zero-order valence-electron chi connectivity index (χ0n) is 16.2. The number of fused-ring (bicyclic) bond motifs is 4. The van der Waals surface area contributed by atoms with Crippen LogP contribution in [0.4, 0.5) is 0 Å². The number of Topliss-reactive ketones (excluding diaryl/α,β-unsaturated/α-hetero) is 1. The first-order valence-corrected chi connectivity index (χ1v) is 9.54. The highest BCUT2D eigenvalue weighted by molar-refractivity contribution is 5.87. The fourth-order valence-corrected chi connectivity index (χ4v) is 6.05. The van der Waals surface area contributed by atoms with Crippen molar-refractivity contribution in [1.82, 2.24) is 0 Å². The van der Waals surface area contributed by atoms with Crippen LogP contribution in [-0.2, 0) is 11.2 Å². The van der Waals surface area contributed by atoms with Crippen LogP contribution in [0.5, 0.6) is 5.95 Å². The second-order valence-corrected chi connectivity index (χ2v) is 9.50. The van der Waals surface area contributed by atoms with Crippen LogP contribution in [0.2, 0.25) is 0 Å². The predicted molar refractivity (Wildman–Crippen MR) is 96.2 cm³/mol. The molecule has 5 heteroatoms. The number of carbonyl (C=O) groups excluding carboxylic acids is 1. The Kier molecular flexibility index (Phi) is 3.57. The number of hydrogen-bond donors (Lipinski definition) is 1. The Morgan fingerprint density at radius 2 is 1.81 bits per heavy atom. The normalized spacial score (nSPS) is 40.8. The zero-order valence-corrected chi connectivity index (χ0v) is 16.2. The molecule has 0 aromatic carbocycles. The molecule has 0 amide bonds. The molecule has 2 fully saturated rings. The van der Waals surface area contributed by atoms with Crippen molar-refractivity contribution in [2.45, 2.75) is 72.0 Å². The van der Waals surface area contributed by atoms with Gasteiger partial charge in [0, 0.05) is 23.8 Å². The summed E-state index contributed by atoms with van der Waals surface area (Å²) in [6, 6.07) is 1.49. The van der Waals surface area contributed by atoms with E-state index < -0.39 is 17.1 Å². The van der Waals surface area contributed by atoms with Crippen LogP contribution < -0.4 is 10.2 Å². The number of aliphatic hydroxyl groups is 1. The highest BCUT2D eigenvalue weighted by Crippen LogP contribution is 2.63. The molecule has 2 aliphatic carbocycles. The number of ether oxygens (including phenoxy) is 1. The van der Waals surface area contributed by atoms with Crippen molar-refractivity contribution in [3.05, 3.63) is 27.6 Å². The monoisotopic (exact) mass is 360 g/mol. The molecule has 0 bridgehead atoms. The smallest absolute Gasteiger partial charge is 0.292 e. The summed E-state index contributed by atoms with van der Waals surface area (Å²) in [5.41, 5.74) is -1.06. The van der Waals surface area contributed by atoms with Crippen molar-refractivity contribution in [3.63, 3.8) is 0 Å². The molecule has 5 nitrogen and oxygen atoms in total. The molecule has 4 rings (SSSR count). The van der Waals surface area contributed by atoms with E-state index in [9.17, 15) is 14.7 Å². The number of carbonyl (C=O) groups is 1. The summed E-state index contributed by atoms with van der Waals surface area (Å²) in [6.45, 7) is 9.93. The number of aryl methyl sites for hydroxylation is 1. The lowest BCUT2D eigenvalue weighted by atomic mass is 9.43.